The Morgan fingerprint density at radius 1 is 1.22 bits per heavy atom. The first-order chi connectivity index (χ1) is 12.8. The summed E-state index contributed by atoms with van der Waals surface area (Å²) in [5.74, 6) is -0.650. The van der Waals surface area contributed by atoms with Crippen molar-refractivity contribution in [3.63, 3.8) is 0 Å². The molecule has 0 saturated heterocycles. The molecule has 0 saturated carbocycles. The molecule has 3 N–H and O–H groups in total. The maximum absolute atomic E-state index is 12.8. The Kier molecular flexibility index (Phi) is 5.25. The summed E-state index contributed by atoms with van der Waals surface area (Å²) in [5, 5.41) is 3.57. The van der Waals surface area contributed by atoms with Gasteiger partial charge in [0.25, 0.3) is 11.8 Å². The Balaban J connectivity index is 2.00. The number of hydrogen-bond donors (Lipinski definition) is 2. The number of carbonyl (C=O) groups excluding carboxylic acids is 2. The Bertz CT molecular complexity index is 1030. The fourth-order valence-electron chi connectivity index (χ4n) is 2.76. The van der Waals surface area contributed by atoms with Gasteiger partial charge in [-0.2, -0.15) is 0 Å². The Morgan fingerprint density at radius 3 is 2.48 bits per heavy atom. The molecule has 8 heteroatoms. The standard InChI is InChI=1S/C19H18ClN3O3S/c1-10-11(2)27-19(16(10)17(21)24)22-18(25)12-8-13(20)14(9-15(12)26-3)23-6-4-5-7-23/h4-9H,1-3H3,(H2,21,24)(H,22,25). The summed E-state index contributed by atoms with van der Waals surface area (Å²) in [6, 6.07) is 6.98. The Labute approximate surface area is 165 Å². The van der Waals surface area contributed by atoms with Gasteiger partial charge in [-0.3, -0.25) is 9.59 Å². The van der Waals surface area contributed by atoms with E-state index >= 15 is 0 Å². The molecule has 1 aromatic carbocycles. The molecule has 27 heavy (non-hydrogen) atoms. The average Bonchev–Trinajstić information content (AvgIpc) is 3.23. The van der Waals surface area contributed by atoms with Crippen molar-refractivity contribution in [3.05, 3.63) is 63.2 Å². The van der Waals surface area contributed by atoms with Gasteiger partial charge in [0.05, 0.1) is 28.9 Å². The summed E-state index contributed by atoms with van der Waals surface area (Å²) in [6.45, 7) is 3.66. The number of aromatic nitrogens is 1. The average molecular weight is 404 g/mol. The van der Waals surface area contributed by atoms with Gasteiger partial charge in [0.1, 0.15) is 10.8 Å². The second kappa shape index (κ2) is 7.46. The number of hydrogen-bond acceptors (Lipinski definition) is 4. The molecule has 0 radical (unpaired) electrons. The van der Waals surface area contributed by atoms with E-state index in [1.165, 1.54) is 18.4 Å². The van der Waals surface area contributed by atoms with Gasteiger partial charge < -0.3 is 20.4 Å². The first-order valence-corrected chi connectivity index (χ1v) is 9.25. The van der Waals surface area contributed by atoms with E-state index in [9.17, 15) is 9.59 Å². The lowest BCUT2D eigenvalue weighted by Crippen LogP contribution is -2.18. The van der Waals surface area contributed by atoms with Gasteiger partial charge in [-0.25, -0.2) is 0 Å². The topological polar surface area (TPSA) is 86.3 Å². The van der Waals surface area contributed by atoms with Gasteiger partial charge in [-0.05, 0) is 37.6 Å². The summed E-state index contributed by atoms with van der Waals surface area (Å²) in [7, 11) is 1.48. The van der Waals surface area contributed by atoms with Crippen LogP contribution >= 0.6 is 22.9 Å². The fourth-order valence-corrected chi connectivity index (χ4v) is 4.09. The number of thiophene rings is 1. The molecular formula is C19H18ClN3O3S. The first-order valence-electron chi connectivity index (χ1n) is 8.05. The van der Waals surface area contributed by atoms with Crippen LogP contribution < -0.4 is 15.8 Å². The lowest BCUT2D eigenvalue weighted by Gasteiger charge is -2.13. The van der Waals surface area contributed by atoms with Crippen LogP contribution in [0.2, 0.25) is 5.02 Å². The number of nitrogens with zero attached hydrogens (tertiary/aromatic N) is 1. The van der Waals surface area contributed by atoms with Crippen molar-refractivity contribution in [2.45, 2.75) is 13.8 Å². The second-order valence-corrected chi connectivity index (χ2v) is 7.53. The summed E-state index contributed by atoms with van der Waals surface area (Å²) < 4.78 is 7.21. The zero-order chi connectivity index (χ0) is 19.7. The molecule has 0 aliphatic heterocycles. The van der Waals surface area contributed by atoms with Gasteiger partial charge in [0.15, 0.2) is 0 Å². The number of nitrogens with two attached hydrogens (primary N) is 1. The summed E-state index contributed by atoms with van der Waals surface area (Å²) >= 11 is 7.68. The van der Waals surface area contributed by atoms with E-state index in [-0.39, 0.29) is 5.56 Å². The quantitative estimate of drug-likeness (QED) is 0.670. The molecule has 0 fully saturated rings. The number of methoxy groups -OCH3 is 1. The third-order valence-electron chi connectivity index (χ3n) is 4.25. The van der Waals surface area contributed by atoms with Crippen LogP contribution in [0.15, 0.2) is 36.7 Å². The number of anilines is 1. The molecule has 3 aromatic rings. The second-order valence-electron chi connectivity index (χ2n) is 5.90. The first kappa shape index (κ1) is 19.0. The van der Waals surface area contributed by atoms with Gasteiger partial charge in [0.2, 0.25) is 0 Å². The van der Waals surface area contributed by atoms with Crippen LogP contribution in [-0.2, 0) is 0 Å². The van der Waals surface area contributed by atoms with Gasteiger partial charge in [-0.15, -0.1) is 11.3 Å². The number of primary amides is 1. The summed E-state index contributed by atoms with van der Waals surface area (Å²) in [4.78, 5) is 25.5. The number of ether oxygens (including phenoxy) is 1. The predicted octanol–water partition coefficient (Wildman–Crippen LogP) is 4.17. The molecule has 0 unspecified atom stereocenters. The number of nitrogens with one attached hydrogen (secondary N) is 1. The molecule has 3 rings (SSSR count). The molecule has 2 amide bonds. The van der Waals surface area contributed by atoms with Crippen LogP contribution in [0.4, 0.5) is 5.00 Å². The smallest absolute Gasteiger partial charge is 0.260 e. The number of carbonyl (C=O) groups is 2. The van der Waals surface area contributed by atoms with Crippen LogP contribution in [0, 0.1) is 13.8 Å². The molecule has 0 aliphatic rings. The van der Waals surface area contributed by atoms with Crippen molar-refractivity contribution in [2.24, 2.45) is 5.73 Å². The van der Waals surface area contributed by atoms with Crippen molar-refractivity contribution < 1.29 is 14.3 Å². The fraction of sp³-hybridized carbons (Fsp3) is 0.158. The third-order valence-corrected chi connectivity index (χ3v) is 5.68. The van der Waals surface area contributed by atoms with Crippen LogP contribution in [0.1, 0.15) is 31.2 Å². The number of aryl methyl sites for hydroxylation is 1. The van der Waals surface area contributed by atoms with E-state index in [2.05, 4.69) is 5.32 Å². The Morgan fingerprint density at radius 2 is 1.89 bits per heavy atom. The lowest BCUT2D eigenvalue weighted by atomic mass is 10.1. The molecule has 2 heterocycles. The van der Waals surface area contributed by atoms with Crippen LogP contribution in [0.25, 0.3) is 5.69 Å². The van der Waals surface area contributed by atoms with Crippen molar-refractivity contribution in [2.75, 3.05) is 12.4 Å². The van der Waals surface area contributed by atoms with Crippen molar-refractivity contribution in [1.82, 2.24) is 4.57 Å². The van der Waals surface area contributed by atoms with Crippen LogP contribution in [-0.4, -0.2) is 23.5 Å². The maximum atomic E-state index is 12.8. The zero-order valence-corrected chi connectivity index (χ0v) is 16.6. The molecule has 140 valence electrons. The van der Waals surface area contributed by atoms with Gasteiger partial charge in [-0.1, -0.05) is 11.6 Å². The van der Waals surface area contributed by atoms with Crippen LogP contribution in [0.5, 0.6) is 5.75 Å². The van der Waals surface area contributed by atoms with Crippen molar-refractivity contribution >= 4 is 39.8 Å². The molecular weight excluding hydrogens is 386 g/mol. The van der Waals surface area contributed by atoms with E-state index < -0.39 is 11.8 Å². The highest BCUT2D eigenvalue weighted by Gasteiger charge is 2.22. The number of rotatable bonds is 5. The number of amides is 2. The molecule has 0 spiro atoms. The normalized spacial score (nSPS) is 10.7. The highest BCUT2D eigenvalue weighted by atomic mass is 35.5. The lowest BCUT2D eigenvalue weighted by molar-refractivity contribution is 0.100. The zero-order valence-electron chi connectivity index (χ0n) is 15.0. The molecule has 6 nitrogen and oxygen atoms in total. The van der Waals surface area contributed by atoms with E-state index in [1.54, 1.807) is 19.1 Å². The van der Waals surface area contributed by atoms with Gasteiger partial charge >= 0.3 is 0 Å². The van der Waals surface area contributed by atoms with Crippen molar-refractivity contribution in [3.8, 4) is 11.4 Å². The van der Waals surface area contributed by atoms with Gasteiger partial charge in [0, 0.05) is 23.3 Å². The third kappa shape index (κ3) is 3.56. The van der Waals surface area contributed by atoms with E-state index in [1.807, 2.05) is 36.0 Å². The van der Waals surface area contributed by atoms with Crippen molar-refractivity contribution in [1.29, 1.82) is 0 Å². The number of halogens is 1. The molecule has 0 aliphatic carbocycles. The van der Waals surface area contributed by atoms with E-state index in [0.717, 1.165) is 10.4 Å². The minimum absolute atomic E-state index is 0.262. The summed E-state index contributed by atoms with van der Waals surface area (Å²) in [5.41, 5.74) is 7.50. The van der Waals surface area contributed by atoms with E-state index in [4.69, 9.17) is 22.1 Å². The van der Waals surface area contributed by atoms with E-state index in [0.29, 0.717) is 27.0 Å². The maximum Gasteiger partial charge on any atom is 0.260 e. The summed E-state index contributed by atoms with van der Waals surface area (Å²) in [6.07, 6.45) is 3.69. The highest BCUT2D eigenvalue weighted by molar-refractivity contribution is 7.16. The minimum atomic E-state index is -0.583. The SMILES string of the molecule is COc1cc(-n2cccc2)c(Cl)cc1C(=O)Nc1sc(C)c(C)c1C(N)=O. The minimum Gasteiger partial charge on any atom is -0.496 e. The Hall–Kier alpha value is -2.77. The molecule has 0 atom stereocenters. The largest absolute Gasteiger partial charge is 0.496 e. The molecule has 0 bridgehead atoms. The predicted molar refractivity (Wildman–Crippen MR) is 108 cm³/mol. The monoisotopic (exact) mass is 403 g/mol. The highest BCUT2D eigenvalue weighted by Crippen LogP contribution is 2.34. The van der Waals surface area contributed by atoms with Crippen LogP contribution in [0.3, 0.4) is 0 Å². The molecule has 2 aromatic heterocycles. The number of benzene rings is 1.